The predicted molar refractivity (Wildman–Crippen MR) is 76.3 cm³/mol. The van der Waals surface area contributed by atoms with E-state index in [0.717, 1.165) is 10.6 Å². The molecule has 0 bridgehead atoms. The predicted octanol–water partition coefficient (Wildman–Crippen LogP) is 1.60. The van der Waals surface area contributed by atoms with Crippen LogP contribution in [0.5, 0.6) is 0 Å². The standard InChI is InChI=1S/C13H17FN2O3S/c1-3-9-16(20(2,18)19)10-8-13(17)15-12-6-4-11(14)5-7-12/h3-7H,1,8-10H2,2H3,(H,15,17). The van der Waals surface area contributed by atoms with Gasteiger partial charge in [-0.25, -0.2) is 12.8 Å². The summed E-state index contributed by atoms with van der Waals surface area (Å²) in [6, 6.07) is 5.34. The molecular formula is C13H17FN2O3S. The third-order valence-corrected chi connectivity index (χ3v) is 3.79. The minimum Gasteiger partial charge on any atom is -0.326 e. The van der Waals surface area contributed by atoms with Gasteiger partial charge in [0.15, 0.2) is 0 Å². The first-order chi connectivity index (χ1) is 9.32. The Morgan fingerprint density at radius 3 is 2.50 bits per heavy atom. The lowest BCUT2D eigenvalue weighted by atomic mass is 10.3. The number of rotatable bonds is 7. The molecule has 1 rings (SSSR count). The van der Waals surface area contributed by atoms with E-state index >= 15 is 0 Å². The first kappa shape index (κ1) is 16.3. The highest BCUT2D eigenvalue weighted by molar-refractivity contribution is 7.88. The number of anilines is 1. The van der Waals surface area contributed by atoms with Crippen molar-refractivity contribution in [1.82, 2.24) is 4.31 Å². The lowest BCUT2D eigenvalue weighted by Gasteiger charge is -2.17. The zero-order valence-corrected chi connectivity index (χ0v) is 12.0. The van der Waals surface area contributed by atoms with Crippen LogP contribution in [0.4, 0.5) is 10.1 Å². The van der Waals surface area contributed by atoms with Gasteiger partial charge in [-0.05, 0) is 24.3 Å². The van der Waals surface area contributed by atoms with Gasteiger partial charge in [-0.3, -0.25) is 4.79 Å². The Morgan fingerprint density at radius 1 is 1.40 bits per heavy atom. The summed E-state index contributed by atoms with van der Waals surface area (Å²) in [6.07, 6.45) is 2.55. The normalized spacial score (nSPS) is 11.3. The second kappa shape index (κ2) is 7.16. The van der Waals surface area contributed by atoms with Crippen molar-refractivity contribution in [2.45, 2.75) is 6.42 Å². The van der Waals surface area contributed by atoms with E-state index in [2.05, 4.69) is 11.9 Å². The summed E-state index contributed by atoms with van der Waals surface area (Å²) in [5.74, 6) is -0.730. The van der Waals surface area contributed by atoms with Gasteiger partial charge >= 0.3 is 0 Å². The van der Waals surface area contributed by atoms with E-state index < -0.39 is 15.8 Å². The average Bonchev–Trinajstić information content (AvgIpc) is 2.36. The summed E-state index contributed by atoms with van der Waals surface area (Å²) < 4.78 is 36.7. The Balaban J connectivity index is 2.53. The molecule has 0 fully saturated rings. The third-order valence-electron chi connectivity index (χ3n) is 2.52. The van der Waals surface area contributed by atoms with Crippen molar-refractivity contribution in [3.05, 3.63) is 42.7 Å². The van der Waals surface area contributed by atoms with Crippen LogP contribution in [0, 0.1) is 5.82 Å². The maximum Gasteiger partial charge on any atom is 0.225 e. The Kier molecular flexibility index (Phi) is 5.84. The van der Waals surface area contributed by atoms with Gasteiger partial charge in [0.2, 0.25) is 15.9 Å². The smallest absolute Gasteiger partial charge is 0.225 e. The molecule has 110 valence electrons. The zero-order valence-electron chi connectivity index (χ0n) is 11.2. The molecule has 20 heavy (non-hydrogen) atoms. The van der Waals surface area contributed by atoms with Crippen molar-refractivity contribution in [3.63, 3.8) is 0 Å². The van der Waals surface area contributed by atoms with Crippen LogP contribution >= 0.6 is 0 Å². The Bertz CT molecular complexity index is 570. The highest BCUT2D eigenvalue weighted by Crippen LogP contribution is 2.09. The van der Waals surface area contributed by atoms with Crippen LogP contribution in [-0.2, 0) is 14.8 Å². The molecule has 0 aromatic heterocycles. The number of hydrogen-bond donors (Lipinski definition) is 1. The second-order valence-corrected chi connectivity index (χ2v) is 6.20. The van der Waals surface area contributed by atoms with Crippen molar-refractivity contribution in [2.24, 2.45) is 0 Å². The van der Waals surface area contributed by atoms with Crippen molar-refractivity contribution >= 4 is 21.6 Å². The number of halogens is 1. The van der Waals surface area contributed by atoms with Gasteiger partial charge < -0.3 is 5.32 Å². The minimum atomic E-state index is -3.37. The lowest BCUT2D eigenvalue weighted by Crippen LogP contribution is -2.33. The number of carbonyl (C=O) groups is 1. The fourth-order valence-corrected chi connectivity index (χ4v) is 2.32. The van der Waals surface area contributed by atoms with E-state index in [-0.39, 0.29) is 25.4 Å². The minimum absolute atomic E-state index is 0.0122. The number of carbonyl (C=O) groups excluding carboxylic acids is 1. The second-order valence-electron chi connectivity index (χ2n) is 4.21. The summed E-state index contributed by atoms with van der Waals surface area (Å²) >= 11 is 0. The van der Waals surface area contributed by atoms with Crippen LogP contribution in [-0.4, -0.2) is 38.0 Å². The number of nitrogens with one attached hydrogen (secondary N) is 1. The summed E-state index contributed by atoms with van der Waals surface area (Å²) in [7, 11) is -3.37. The maximum absolute atomic E-state index is 12.7. The average molecular weight is 300 g/mol. The zero-order chi connectivity index (χ0) is 15.2. The number of hydrogen-bond acceptors (Lipinski definition) is 3. The fraction of sp³-hybridized carbons (Fsp3) is 0.308. The molecular weight excluding hydrogens is 283 g/mol. The molecule has 1 N–H and O–H groups in total. The van der Waals surface area contributed by atoms with Crippen LogP contribution in [0.3, 0.4) is 0 Å². The van der Waals surface area contributed by atoms with Gasteiger partial charge in [0.1, 0.15) is 5.82 Å². The van der Waals surface area contributed by atoms with Crippen LogP contribution in [0.1, 0.15) is 6.42 Å². The van der Waals surface area contributed by atoms with Crippen molar-refractivity contribution in [1.29, 1.82) is 0 Å². The molecule has 0 saturated heterocycles. The molecule has 0 spiro atoms. The Labute approximate surface area is 118 Å². The van der Waals surface area contributed by atoms with Gasteiger partial charge in [0.25, 0.3) is 0 Å². The van der Waals surface area contributed by atoms with Crippen LogP contribution in [0.2, 0.25) is 0 Å². The molecule has 7 heteroatoms. The van der Waals surface area contributed by atoms with Crippen molar-refractivity contribution in [3.8, 4) is 0 Å². The van der Waals surface area contributed by atoms with Gasteiger partial charge in [0, 0.05) is 25.2 Å². The highest BCUT2D eigenvalue weighted by Gasteiger charge is 2.16. The molecule has 0 heterocycles. The number of amides is 1. The van der Waals surface area contributed by atoms with E-state index in [9.17, 15) is 17.6 Å². The first-order valence-corrected chi connectivity index (χ1v) is 7.79. The summed E-state index contributed by atoms with van der Waals surface area (Å²) in [6.45, 7) is 3.70. The molecule has 1 amide bonds. The van der Waals surface area contributed by atoms with E-state index in [4.69, 9.17) is 0 Å². The van der Waals surface area contributed by atoms with Crippen LogP contribution in [0.15, 0.2) is 36.9 Å². The molecule has 0 aliphatic heterocycles. The lowest BCUT2D eigenvalue weighted by molar-refractivity contribution is -0.116. The molecule has 0 radical (unpaired) electrons. The summed E-state index contributed by atoms with van der Waals surface area (Å²) in [5.41, 5.74) is 0.464. The SMILES string of the molecule is C=CCN(CCC(=O)Nc1ccc(F)cc1)S(C)(=O)=O. The number of sulfonamides is 1. The van der Waals surface area contributed by atoms with E-state index in [1.54, 1.807) is 0 Å². The van der Waals surface area contributed by atoms with Gasteiger partial charge in [-0.2, -0.15) is 4.31 Å². The number of nitrogens with zero attached hydrogens (tertiary/aromatic N) is 1. The van der Waals surface area contributed by atoms with Gasteiger partial charge in [-0.15, -0.1) is 6.58 Å². The fourth-order valence-electron chi connectivity index (χ4n) is 1.52. The van der Waals surface area contributed by atoms with Gasteiger partial charge in [-0.1, -0.05) is 6.08 Å². The summed E-state index contributed by atoms with van der Waals surface area (Å²) in [4.78, 5) is 11.7. The topological polar surface area (TPSA) is 66.5 Å². The molecule has 0 unspecified atom stereocenters. The largest absolute Gasteiger partial charge is 0.326 e. The third kappa shape index (κ3) is 5.50. The Hall–Kier alpha value is -1.73. The number of benzene rings is 1. The molecule has 0 aliphatic carbocycles. The van der Waals surface area contributed by atoms with Crippen molar-refractivity contribution < 1.29 is 17.6 Å². The van der Waals surface area contributed by atoms with Crippen LogP contribution < -0.4 is 5.32 Å². The van der Waals surface area contributed by atoms with Crippen molar-refractivity contribution in [2.75, 3.05) is 24.7 Å². The van der Waals surface area contributed by atoms with Gasteiger partial charge in [0.05, 0.1) is 6.26 Å². The van der Waals surface area contributed by atoms with E-state index in [1.807, 2.05) is 0 Å². The Morgan fingerprint density at radius 2 is 2.00 bits per heavy atom. The molecule has 0 saturated carbocycles. The quantitative estimate of drug-likeness (QED) is 0.778. The molecule has 1 aromatic carbocycles. The van der Waals surface area contributed by atoms with E-state index in [0.29, 0.717) is 5.69 Å². The molecule has 0 atom stereocenters. The molecule has 5 nitrogen and oxygen atoms in total. The first-order valence-electron chi connectivity index (χ1n) is 5.94. The van der Waals surface area contributed by atoms with E-state index in [1.165, 1.54) is 30.3 Å². The monoisotopic (exact) mass is 300 g/mol. The molecule has 0 aliphatic rings. The maximum atomic E-state index is 12.7. The molecule has 1 aromatic rings. The van der Waals surface area contributed by atoms with Crippen LogP contribution in [0.25, 0.3) is 0 Å². The summed E-state index contributed by atoms with van der Waals surface area (Å²) in [5, 5.41) is 2.57. The highest BCUT2D eigenvalue weighted by atomic mass is 32.2.